The van der Waals surface area contributed by atoms with Crippen LogP contribution in [0.3, 0.4) is 0 Å². The van der Waals surface area contributed by atoms with Crippen LogP contribution in [0.25, 0.3) is 11.0 Å². The van der Waals surface area contributed by atoms with Gasteiger partial charge in [0.05, 0.1) is 31.7 Å². The fraction of sp³-hybridized carbons (Fsp3) is 0.273. The fourth-order valence-electron chi connectivity index (χ4n) is 3.20. The van der Waals surface area contributed by atoms with E-state index < -0.39 is 11.7 Å². The first-order valence-corrected chi connectivity index (χ1v) is 9.06. The highest BCUT2D eigenvalue weighted by Crippen LogP contribution is 2.24. The van der Waals surface area contributed by atoms with Crippen LogP contribution in [0.15, 0.2) is 57.7 Å². The molecule has 0 aliphatic rings. The third-order valence-electron chi connectivity index (χ3n) is 4.74. The lowest BCUT2D eigenvalue weighted by Crippen LogP contribution is -2.40. The summed E-state index contributed by atoms with van der Waals surface area (Å²) in [5, 5.41) is 13.1. The number of hydrogen-bond acceptors (Lipinski definition) is 5. The van der Waals surface area contributed by atoms with Gasteiger partial charge in [0.25, 0.3) is 0 Å². The molecule has 0 aliphatic heterocycles. The Morgan fingerprint density at radius 1 is 1.21 bits per heavy atom. The Morgan fingerprint density at radius 2 is 1.96 bits per heavy atom. The van der Waals surface area contributed by atoms with Gasteiger partial charge in [0.15, 0.2) is 0 Å². The van der Waals surface area contributed by atoms with E-state index in [1.165, 1.54) is 7.11 Å². The minimum atomic E-state index is -0.544. The molecule has 6 nitrogen and oxygen atoms in total. The maximum atomic E-state index is 12.5. The van der Waals surface area contributed by atoms with Crippen molar-refractivity contribution in [2.75, 3.05) is 13.7 Å². The van der Waals surface area contributed by atoms with Crippen LogP contribution in [0.4, 0.5) is 0 Å². The normalized spacial score (nSPS) is 12.0. The first-order valence-electron chi connectivity index (χ1n) is 9.06. The molecule has 2 N–H and O–H groups in total. The molecule has 1 aromatic heterocycles. The molecular weight excluding hydrogens is 358 g/mol. The maximum absolute atomic E-state index is 12.5. The van der Waals surface area contributed by atoms with Gasteiger partial charge < -0.3 is 19.6 Å². The molecule has 0 saturated heterocycles. The predicted octanol–water partition coefficient (Wildman–Crippen LogP) is 2.37. The molecule has 0 aliphatic carbocycles. The number of nitrogens with one attached hydrogen (secondary N) is 1. The van der Waals surface area contributed by atoms with E-state index in [9.17, 15) is 14.7 Å². The standard InChI is InChI=1S/C22H23NO5/c1-14-18-9-8-17(27-2)11-20(18)28-22(26)19(14)12-21(25)23-16(13-24)10-15-6-4-3-5-7-15/h3-9,11,16,24H,10,12-13H2,1-2H3,(H,23,25). The van der Waals surface area contributed by atoms with Crippen LogP contribution in [0.5, 0.6) is 5.75 Å². The Bertz CT molecular complexity index is 1030. The van der Waals surface area contributed by atoms with Gasteiger partial charge in [-0.3, -0.25) is 4.79 Å². The zero-order valence-electron chi connectivity index (χ0n) is 15.9. The van der Waals surface area contributed by atoms with Crippen LogP contribution >= 0.6 is 0 Å². The summed E-state index contributed by atoms with van der Waals surface area (Å²) in [7, 11) is 1.54. The Kier molecular flexibility index (Phi) is 6.11. The molecule has 0 fully saturated rings. The summed E-state index contributed by atoms with van der Waals surface area (Å²) >= 11 is 0. The number of methoxy groups -OCH3 is 1. The van der Waals surface area contributed by atoms with Gasteiger partial charge in [0.2, 0.25) is 5.91 Å². The van der Waals surface area contributed by atoms with Crippen molar-refractivity contribution < 1.29 is 19.1 Å². The Labute approximate surface area is 162 Å². The number of aliphatic hydroxyl groups excluding tert-OH is 1. The van der Waals surface area contributed by atoms with Gasteiger partial charge in [0.1, 0.15) is 11.3 Å². The van der Waals surface area contributed by atoms with Crippen LogP contribution in [0.1, 0.15) is 16.7 Å². The number of carbonyl (C=O) groups is 1. The molecule has 3 rings (SSSR count). The first-order chi connectivity index (χ1) is 13.5. The SMILES string of the molecule is COc1ccc2c(C)c(CC(=O)NC(CO)Cc3ccccc3)c(=O)oc2c1. The van der Waals surface area contributed by atoms with Gasteiger partial charge in [-0.1, -0.05) is 30.3 Å². The summed E-state index contributed by atoms with van der Waals surface area (Å²) in [6.45, 7) is 1.60. The maximum Gasteiger partial charge on any atom is 0.340 e. The molecule has 1 heterocycles. The second-order valence-electron chi connectivity index (χ2n) is 6.67. The van der Waals surface area contributed by atoms with Crippen molar-refractivity contribution in [2.24, 2.45) is 0 Å². The Balaban J connectivity index is 1.77. The van der Waals surface area contributed by atoms with Gasteiger partial charge in [-0.25, -0.2) is 4.79 Å². The Hall–Kier alpha value is -3.12. The second-order valence-corrected chi connectivity index (χ2v) is 6.67. The number of ether oxygens (including phenoxy) is 1. The fourth-order valence-corrected chi connectivity index (χ4v) is 3.20. The average Bonchev–Trinajstić information content (AvgIpc) is 2.70. The number of aryl methyl sites for hydroxylation is 1. The van der Waals surface area contributed by atoms with Crippen molar-refractivity contribution in [1.29, 1.82) is 0 Å². The number of benzene rings is 2. The van der Waals surface area contributed by atoms with E-state index in [-0.39, 0.29) is 18.9 Å². The summed E-state index contributed by atoms with van der Waals surface area (Å²) in [5.74, 6) is 0.255. The molecule has 0 bridgehead atoms. The van der Waals surface area contributed by atoms with Gasteiger partial charge in [-0.05, 0) is 36.6 Å². The summed E-state index contributed by atoms with van der Waals surface area (Å²) in [6, 6.07) is 14.4. The number of rotatable bonds is 7. The lowest BCUT2D eigenvalue weighted by Gasteiger charge is -2.17. The summed E-state index contributed by atoms with van der Waals surface area (Å²) in [5.41, 5.74) is 1.90. The first kappa shape index (κ1) is 19.6. The highest BCUT2D eigenvalue weighted by Gasteiger charge is 2.18. The van der Waals surface area contributed by atoms with E-state index in [1.807, 2.05) is 30.3 Å². The molecule has 6 heteroatoms. The van der Waals surface area contributed by atoms with Crippen LogP contribution in [0.2, 0.25) is 0 Å². The van der Waals surface area contributed by atoms with E-state index in [4.69, 9.17) is 9.15 Å². The van der Waals surface area contributed by atoms with Crippen LogP contribution < -0.4 is 15.7 Å². The van der Waals surface area contributed by atoms with Crippen molar-refractivity contribution >= 4 is 16.9 Å². The molecule has 0 spiro atoms. The van der Waals surface area contributed by atoms with E-state index >= 15 is 0 Å². The molecule has 3 aromatic rings. The third-order valence-corrected chi connectivity index (χ3v) is 4.74. The number of fused-ring (bicyclic) bond motifs is 1. The highest BCUT2D eigenvalue weighted by molar-refractivity contribution is 5.85. The minimum absolute atomic E-state index is 0.110. The largest absolute Gasteiger partial charge is 0.497 e. The summed E-state index contributed by atoms with van der Waals surface area (Å²) in [4.78, 5) is 24.9. The zero-order valence-corrected chi connectivity index (χ0v) is 15.9. The van der Waals surface area contributed by atoms with E-state index in [0.717, 1.165) is 10.9 Å². The van der Waals surface area contributed by atoms with Crippen molar-refractivity contribution in [2.45, 2.75) is 25.8 Å². The van der Waals surface area contributed by atoms with Gasteiger partial charge in [-0.2, -0.15) is 0 Å². The highest BCUT2D eigenvalue weighted by atomic mass is 16.5. The third kappa shape index (κ3) is 4.40. The van der Waals surface area contributed by atoms with Gasteiger partial charge >= 0.3 is 5.63 Å². The molecule has 2 aromatic carbocycles. The monoisotopic (exact) mass is 381 g/mol. The molecule has 146 valence electrons. The van der Waals surface area contributed by atoms with Crippen molar-refractivity contribution in [1.82, 2.24) is 5.32 Å². The quantitative estimate of drug-likeness (QED) is 0.614. The van der Waals surface area contributed by atoms with E-state index in [2.05, 4.69) is 5.32 Å². The number of aliphatic hydroxyl groups is 1. The van der Waals surface area contributed by atoms with Crippen molar-refractivity contribution in [3.8, 4) is 5.75 Å². The van der Waals surface area contributed by atoms with Crippen molar-refractivity contribution in [3.05, 3.63) is 75.6 Å². The molecular formula is C22H23NO5. The van der Waals surface area contributed by atoms with Crippen LogP contribution in [-0.2, 0) is 17.6 Å². The molecule has 0 saturated carbocycles. The molecule has 0 radical (unpaired) electrons. The van der Waals surface area contributed by atoms with Crippen molar-refractivity contribution in [3.63, 3.8) is 0 Å². The predicted molar refractivity (Wildman–Crippen MR) is 107 cm³/mol. The molecule has 1 unspecified atom stereocenters. The summed E-state index contributed by atoms with van der Waals surface area (Å²) in [6.07, 6.45) is 0.398. The lowest BCUT2D eigenvalue weighted by atomic mass is 10.0. The number of hydrogen-bond donors (Lipinski definition) is 2. The van der Waals surface area contributed by atoms with Gasteiger partial charge in [0, 0.05) is 11.5 Å². The van der Waals surface area contributed by atoms with Crippen LogP contribution in [0, 0.1) is 6.92 Å². The van der Waals surface area contributed by atoms with E-state index in [0.29, 0.717) is 28.9 Å². The molecule has 1 atom stereocenters. The topological polar surface area (TPSA) is 88.8 Å². The zero-order chi connectivity index (χ0) is 20.1. The summed E-state index contributed by atoms with van der Waals surface area (Å²) < 4.78 is 10.5. The minimum Gasteiger partial charge on any atom is -0.497 e. The molecule has 1 amide bonds. The number of carbonyl (C=O) groups excluding carboxylic acids is 1. The Morgan fingerprint density at radius 3 is 2.64 bits per heavy atom. The van der Waals surface area contributed by atoms with Gasteiger partial charge in [-0.15, -0.1) is 0 Å². The van der Waals surface area contributed by atoms with Crippen LogP contribution in [-0.4, -0.2) is 30.8 Å². The smallest absolute Gasteiger partial charge is 0.340 e. The molecule has 28 heavy (non-hydrogen) atoms. The average molecular weight is 381 g/mol. The second kappa shape index (κ2) is 8.71. The lowest BCUT2D eigenvalue weighted by molar-refractivity contribution is -0.121. The van der Waals surface area contributed by atoms with E-state index in [1.54, 1.807) is 25.1 Å². The number of amides is 1.